The summed E-state index contributed by atoms with van der Waals surface area (Å²) in [5, 5.41) is 9.09. The number of primary amides is 1. The maximum atomic E-state index is 10.9. The van der Waals surface area contributed by atoms with E-state index in [-0.39, 0.29) is 12.3 Å². The molecule has 0 radical (unpaired) electrons. The second-order valence-electron chi connectivity index (χ2n) is 3.49. The van der Waals surface area contributed by atoms with Gasteiger partial charge in [-0.25, -0.2) is 0 Å². The Hall–Kier alpha value is -1.56. The molecular weight excluding hydrogens is 247 g/mol. The molecule has 0 aliphatic carbocycles. The van der Waals surface area contributed by atoms with E-state index in [1.165, 1.54) is 24.3 Å². The second kappa shape index (κ2) is 5.18. The van der Waals surface area contributed by atoms with Crippen LogP contribution >= 0.6 is 7.60 Å². The van der Waals surface area contributed by atoms with Crippen LogP contribution in [-0.4, -0.2) is 33.6 Å². The van der Waals surface area contributed by atoms with Crippen molar-refractivity contribution in [2.24, 2.45) is 5.73 Å². The van der Waals surface area contributed by atoms with E-state index < -0.39 is 19.8 Å². The zero-order valence-electron chi connectivity index (χ0n) is 8.85. The Kier molecular flexibility index (Phi) is 4.11. The van der Waals surface area contributed by atoms with Gasteiger partial charge in [0.25, 0.3) is 0 Å². The lowest BCUT2D eigenvalue weighted by atomic mass is 10.3. The Balaban J connectivity index is 2.93. The van der Waals surface area contributed by atoms with Gasteiger partial charge in [0, 0.05) is 5.69 Å². The number of rotatable bonds is 5. The van der Waals surface area contributed by atoms with Gasteiger partial charge >= 0.3 is 7.60 Å². The standard InChI is InChI=1S/C9H13N2O5P/c10-9(13)5-11(6-17(14,15)16)7-1-3-8(12)4-2-7/h1-4,12H,5-6H2,(H2,10,13)(H2,14,15,16). The molecule has 17 heavy (non-hydrogen) atoms. The molecule has 1 rings (SSSR count). The molecular formula is C9H13N2O5P. The molecule has 0 saturated carbocycles. The van der Waals surface area contributed by atoms with Gasteiger partial charge in [-0.2, -0.15) is 0 Å². The number of aromatic hydroxyl groups is 1. The Bertz CT molecular complexity index is 441. The van der Waals surface area contributed by atoms with Crippen molar-refractivity contribution in [3.05, 3.63) is 24.3 Å². The number of nitrogens with two attached hydrogens (primary N) is 1. The third kappa shape index (κ3) is 4.86. The second-order valence-corrected chi connectivity index (χ2v) is 5.10. The highest BCUT2D eigenvalue weighted by Gasteiger charge is 2.20. The van der Waals surface area contributed by atoms with Crippen molar-refractivity contribution in [2.75, 3.05) is 17.7 Å². The first-order chi connectivity index (χ1) is 7.78. The van der Waals surface area contributed by atoms with Gasteiger partial charge in [0.05, 0.1) is 6.54 Å². The smallest absolute Gasteiger partial charge is 0.344 e. The highest BCUT2D eigenvalue weighted by Crippen LogP contribution is 2.36. The lowest BCUT2D eigenvalue weighted by molar-refractivity contribution is -0.116. The van der Waals surface area contributed by atoms with Gasteiger partial charge in [-0.3, -0.25) is 9.36 Å². The number of amides is 1. The molecule has 0 heterocycles. The first-order valence-corrected chi connectivity index (χ1v) is 6.44. The molecule has 0 aliphatic rings. The first kappa shape index (κ1) is 13.5. The van der Waals surface area contributed by atoms with Crippen molar-refractivity contribution < 1.29 is 24.3 Å². The molecule has 0 saturated heterocycles. The van der Waals surface area contributed by atoms with E-state index in [4.69, 9.17) is 20.6 Å². The number of phenolic OH excluding ortho intramolecular Hbond substituents is 1. The van der Waals surface area contributed by atoms with Crippen LogP contribution in [0.4, 0.5) is 5.69 Å². The normalized spacial score (nSPS) is 11.2. The summed E-state index contributed by atoms with van der Waals surface area (Å²) in [5.74, 6) is -0.685. The maximum Gasteiger partial charge on any atom is 0.344 e. The predicted octanol–water partition coefficient (Wildman–Crippen LogP) is -0.181. The minimum atomic E-state index is -4.30. The number of hydrogen-bond acceptors (Lipinski definition) is 4. The van der Waals surface area contributed by atoms with Crippen molar-refractivity contribution in [3.8, 4) is 5.75 Å². The highest BCUT2D eigenvalue weighted by molar-refractivity contribution is 7.51. The van der Waals surface area contributed by atoms with E-state index in [0.29, 0.717) is 5.69 Å². The zero-order valence-corrected chi connectivity index (χ0v) is 9.75. The Morgan fingerprint density at radius 3 is 2.24 bits per heavy atom. The van der Waals surface area contributed by atoms with Crippen molar-refractivity contribution in [1.82, 2.24) is 0 Å². The molecule has 7 nitrogen and oxygen atoms in total. The van der Waals surface area contributed by atoms with E-state index in [1.54, 1.807) is 0 Å². The Morgan fingerprint density at radius 1 is 1.29 bits per heavy atom. The lowest BCUT2D eigenvalue weighted by Gasteiger charge is -2.23. The van der Waals surface area contributed by atoms with E-state index in [9.17, 15) is 9.36 Å². The molecule has 5 N–H and O–H groups in total. The fraction of sp³-hybridized carbons (Fsp3) is 0.222. The summed E-state index contributed by atoms with van der Waals surface area (Å²) in [6.07, 6.45) is -0.610. The number of nitrogens with zero attached hydrogens (tertiary/aromatic N) is 1. The molecule has 8 heteroatoms. The van der Waals surface area contributed by atoms with Crippen LogP contribution in [0.2, 0.25) is 0 Å². The van der Waals surface area contributed by atoms with Crippen LogP contribution in [0.3, 0.4) is 0 Å². The molecule has 1 aromatic carbocycles. The number of anilines is 1. The van der Waals surface area contributed by atoms with Crippen LogP contribution in [0.5, 0.6) is 5.75 Å². The average molecular weight is 260 g/mol. The van der Waals surface area contributed by atoms with Gasteiger partial charge in [-0.15, -0.1) is 0 Å². The SMILES string of the molecule is NC(=O)CN(CP(=O)(O)O)c1ccc(O)cc1. The van der Waals surface area contributed by atoms with Crippen LogP contribution in [0.25, 0.3) is 0 Å². The monoisotopic (exact) mass is 260 g/mol. The largest absolute Gasteiger partial charge is 0.508 e. The molecule has 1 amide bonds. The lowest BCUT2D eigenvalue weighted by Crippen LogP contribution is -2.34. The molecule has 0 atom stereocenters. The number of carbonyl (C=O) groups excluding carboxylic acids is 1. The van der Waals surface area contributed by atoms with Gasteiger partial charge in [0.15, 0.2) is 0 Å². The van der Waals surface area contributed by atoms with Gasteiger partial charge in [-0.05, 0) is 24.3 Å². The van der Waals surface area contributed by atoms with Crippen molar-refractivity contribution >= 4 is 19.2 Å². The van der Waals surface area contributed by atoms with E-state index >= 15 is 0 Å². The molecule has 0 spiro atoms. The Labute approximate surface area is 97.6 Å². The summed E-state index contributed by atoms with van der Waals surface area (Å²) in [6.45, 7) is -0.310. The number of phenols is 1. The van der Waals surface area contributed by atoms with Crippen LogP contribution in [0.15, 0.2) is 24.3 Å². The summed E-state index contributed by atoms with van der Waals surface area (Å²) in [4.78, 5) is 29.7. The van der Waals surface area contributed by atoms with Crippen LogP contribution in [0.1, 0.15) is 0 Å². The van der Waals surface area contributed by atoms with Crippen molar-refractivity contribution in [1.29, 1.82) is 0 Å². The average Bonchev–Trinajstić information content (AvgIpc) is 2.14. The van der Waals surface area contributed by atoms with Crippen molar-refractivity contribution in [3.63, 3.8) is 0 Å². The quantitative estimate of drug-likeness (QED) is 0.544. The molecule has 0 fully saturated rings. The zero-order chi connectivity index (χ0) is 13.1. The summed E-state index contributed by atoms with van der Waals surface area (Å²) in [6, 6.07) is 5.58. The molecule has 0 bridgehead atoms. The summed E-state index contributed by atoms with van der Waals surface area (Å²) in [7, 11) is -4.30. The van der Waals surface area contributed by atoms with E-state index in [2.05, 4.69) is 0 Å². The maximum absolute atomic E-state index is 10.9. The minimum Gasteiger partial charge on any atom is -0.508 e. The summed E-state index contributed by atoms with van der Waals surface area (Å²) < 4.78 is 10.9. The molecule has 0 aromatic heterocycles. The summed E-state index contributed by atoms with van der Waals surface area (Å²) in [5.41, 5.74) is 5.39. The first-order valence-electron chi connectivity index (χ1n) is 4.65. The van der Waals surface area contributed by atoms with Crippen LogP contribution in [0, 0.1) is 0 Å². The predicted molar refractivity (Wildman–Crippen MR) is 61.6 cm³/mol. The Morgan fingerprint density at radius 2 is 1.82 bits per heavy atom. The van der Waals surface area contributed by atoms with E-state index in [1.807, 2.05) is 0 Å². The fourth-order valence-electron chi connectivity index (χ4n) is 1.30. The number of hydrogen-bond donors (Lipinski definition) is 4. The number of benzene rings is 1. The van der Waals surface area contributed by atoms with Crippen molar-refractivity contribution in [2.45, 2.75) is 0 Å². The van der Waals surface area contributed by atoms with Gasteiger partial charge in [-0.1, -0.05) is 0 Å². The third-order valence-corrected chi connectivity index (χ3v) is 2.63. The van der Waals surface area contributed by atoms with Crippen LogP contribution < -0.4 is 10.6 Å². The van der Waals surface area contributed by atoms with Crippen LogP contribution in [-0.2, 0) is 9.36 Å². The van der Waals surface area contributed by atoms with E-state index in [0.717, 1.165) is 4.90 Å². The molecule has 0 unspecified atom stereocenters. The third-order valence-electron chi connectivity index (χ3n) is 1.92. The van der Waals surface area contributed by atoms with Gasteiger partial charge < -0.3 is 25.5 Å². The minimum absolute atomic E-state index is 0.0176. The summed E-state index contributed by atoms with van der Waals surface area (Å²) >= 11 is 0. The number of carbonyl (C=O) groups is 1. The topological polar surface area (TPSA) is 124 Å². The van der Waals surface area contributed by atoms with Gasteiger partial charge in [0.1, 0.15) is 12.0 Å². The fourth-order valence-corrected chi connectivity index (χ4v) is 2.00. The molecule has 94 valence electrons. The molecule has 1 aromatic rings. The molecule has 0 aliphatic heterocycles. The highest BCUT2D eigenvalue weighted by atomic mass is 31.2. The van der Waals surface area contributed by atoms with Gasteiger partial charge in [0.2, 0.25) is 5.91 Å².